The number of hydrogen-bond acceptors (Lipinski definition) is 3. The van der Waals surface area contributed by atoms with E-state index in [4.69, 9.17) is 5.26 Å². The van der Waals surface area contributed by atoms with Gasteiger partial charge in [-0.1, -0.05) is 11.9 Å². The molecule has 0 aliphatic carbocycles. The summed E-state index contributed by atoms with van der Waals surface area (Å²) in [6, 6.07) is 9.61. The highest BCUT2D eigenvalue weighted by molar-refractivity contribution is 7.99. The van der Waals surface area contributed by atoms with Gasteiger partial charge in [0, 0.05) is 19.0 Å². The summed E-state index contributed by atoms with van der Waals surface area (Å²) in [7, 11) is 1.99. The number of anilines is 1. The molecule has 0 saturated carbocycles. The van der Waals surface area contributed by atoms with Crippen molar-refractivity contribution in [1.29, 1.82) is 5.26 Å². The molecule has 0 spiro atoms. The molecular weight excluding hydrogens is 168 g/mol. The predicted molar refractivity (Wildman–Crippen MR) is 53.1 cm³/mol. The van der Waals surface area contributed by atoms with Gasteiger partial charge in [-0.15, -0.1) is 0 Å². The van der Waals surface area contributed by atoms with Crippen LogP contribution in [0.25, 0.3) is 0 Å². The molecule has 0 amide bonds. The summed E-state index contributed by atoms with van der Waals surface area (Å²) in [4.78, 5) is 0. The molecule has 0 heterocycles. The Morgan fingerprint density at radius 3 is 2.33 bits per heavy atom. The molecule has 0 aliphatic rings. The van der Waals surface area contributed by atoms with Crippen LogP contribution >= 0.6 is 11.9 Å². The second kappa shape index (κ2) is 4.03. The summed E-state index contributed by atoms with van der Waals surface area (Å²) in [5.41, 5.74) is 1.81. The minimum Gasteiger partial charge on any atom is -0.320 e. The highest BCUT2D eigenvalue weighted by Gasteiger charge is 1.97. The molecular formula is C9H10N2S. The number of nitrogens with zero attached hydrogens (tertiary/aromatic N) is 2. The Morgan fingerprint density at radius 1 is 1.33 bits per heavy atom. The van der Waals surface area contributed by atoms with Crippen LogP contribution in [0.15, 0.2) is 24.3 Å². The lowest BCUT2D eigenvalue weighted by Crippen LogP contribution is -2.04. The highest BCUT2D eigenvalue weighted by atomic mass is 32.2. The molecule has 0 atom stereocenters. The third-order valence-corrected chi connectivity index (χ3v) is 2.39. The standard InChI is InChI=1S/C9H10N2S/c1-11(12-2)9-5-3-8(7-10)4-6-9/h3-6H,1-2H3. The fraction of sp³-hybridized carbons (Fsp3) is 0.222. The zero-order valence-corrected chi connectivity index (χ0v) is 7.93. The summed E-state index contributed by atoms with van der Waals surface area (Å²) in [5.74, 6) is 0. The monoisotopic (exact) mass is 178 g/mol. The van der Waals surface area contributed by atoms with E-state index in [9.17, 15) is 0 Å². The molecule has 62 valence electrons. The van der Waals surface area contributed by atoms with Crippen LogP contribution in [0.1, 0.15) is 5.56 Å². The van der Waals surface area contributed by atoms with E-state index < -0.39 is 0 Å². The molecule has 1 rings (SSSR count). The molecule has 0 unspecified atom stereocenters. The van der Waals surface area contributed by atoms with Crippen molar-refractivity contribution in [3.63, 3.8) is 0 Å². The molecule has 0 fully saturated rings. The smallest absolute Gasteiger partial charge is 0.0991 e. The Bertz CT molecular complexity index is 286. The average molecular weight is 178 g/mol. The van der Waals surface area contributed by atoms with E-state index in [2.05, 4.69) is 6.07 Å². The van der Waals surface area contributed by atoms with Gasteiger partial charge in [0.1, 0.15) is 0 Å². The van der Waals surface area contributed by atoms with Crippen LogP contribution in [0.5, 0.6) is 0 Å². The summed E-state index contributed by atoms with van der Waals surface area (Å²) in [6.45, 7) is 0. The van der Waals surface area contributed by atoms with Crippen molar-refractivity contribution in [3.05, 3.63) is 29.8 Å². The fourth-order valence-electron chi connectivity index (χ4n) is 0.851. The first-order valence-corrected chi connectivity index (χ1v) is 4.74. The van der Waals surface area contributed by atoms with Gasteiger partial charge in [0.25, 0.3) is 0 Å². The number of nitriles is 1. The van der Waals surface area contributed by atoms with Gasteiger partial charge in [0.05, 0.1) is 11.6 Å². The molecule has 0 saturated heterocycles. The zero-order valence-electron chi connectivity index (χ0n) is 7.11. The number of benzene rings is 1. The van der Waals surface area contributed by atoms with Crippen molar-refractivity contribution in [1.82, 2.24) is 0 Å². The third-order valence-electron chi connectivity index (χ3n) is 1.63. The summed E-state index contributed by atoms with van der Waals surface area (Å²) in [6.07, 6.45) is 2.01. The lowest BCUT2D eigenvalue weighted by Gasteiger charge is -2.14. The van der Waals surface area contributed by atoms with Crippen molar-refractivity contribution < 1.29 is 0 Å². The van der Waals surface area contributed by atoms with Gasteiger partial charge >= 0.3 is 0 Å². The molecule has 3 heteroatoms. The Labute approximate surface area is 76.9 Å². The maximum Gasteiger partial charge on any atom is 0.0991 e. The van der Waals surface area contributed by atoms with Crippen LogP contribution in [-0.2, 0) is 0 Å². The Morgan fingerprint density at radius 2 is 1.92 bits per heavy atom. The molecule has 1 aromatic carbocycles. The van der Waals surface area contributed by atoms with Crippen LogP contribution in [0.2, 0.25) is 0 Å². The van der Waals surface area contributed by atoms with Gasteiger partial charge in [0.2, 0.25) is 0 Å². The van der Waals surface area contributed by atoms with Crippen molar-refractivity contribution >= 4 is 17.6 Å². The molecule has 2 nitrogen and oxygen atoms in total. The predicted octanol–water partition coefficient (Wildman–Crippen LogP) is 2.27. The highest BCUT2D eigenvalue weighted by Crippen LogP contribution is 2.18. The Balaban J connectivity index is 2.86. The van der Waals surface area contributed by atoms with Gasteiger partial charge in [-0.3, -0.25) is 0 Å². The van der Waals surface area contributed by atoms with E-state index in [0.717, 1.165) is 5.69 Å². The van der Waals surface area contributed by atoms with E-state index in [1.54, 1.807) is 11.9 Å². The summed E-state index contributed by atoms with van der Waals surface area (Å²) >= 11 is 1.64. The quantitative estimate of drug-likeness (QED) is 0.650. The first-order valence-electron chi connectivity index (χ1n) is 3.56. The van der Waals surface area contributed by atoms with Gasteiger partial charge in [-0.2, -0.15) is 5.26 Å². The van der Waals surface area contributed by atoms with Gasteiger partial charge in [-0.05, 0) is 24.3 Å². The zero-order chi connectivity index (χ0) is 8.97. The van der Waals surface area contributed by atoms with Crippen LogP contribution in [-0.4, -0.2) is 13.3 Å². The van der Waals surface area contributed by atoms with E-state index in [0.29, 0.717) is 5.56 Å². The van der Waals surface area contributed by atoms with Crippen LogP contribution in [0.4, 0.5) is 5.69 Å². The third kappa shape index (κ3) is 1.93. The first kappa shape index (κ1) is 8.95. The van der Waals surface area contributed by atoms with Crippen LogP contribution < -0.4 is 4.31 Å². The first-order chi connectivity index (χ1) is 5.77. The maximum absolute atomic E-state index is 8.56. The molecule has 0 aromatic heterocycles. The van der Waals surface area contributed by atoms with Crippen molar-refractivity contribution in [3.8, 4) is 6.07 Å². The average Bonchev–Trinajstić information content (AvgIpc) is 2.17. The molecule has 0 N–H and O–H groups in total. The normalized spacial score (nSPS) is 9.08. The van der Waals surface area contributed by atoms with Crippen molar-refractivity contribution in [2.45, 2.75) is 0 Å². The Hall–Kier alpha value is -1.14. The lowest BCUT2D eigenvalue weighted by atomic mass is 10.2. The lowest BCUT2D eigenvalue weighted by molar-refractivity contribution is 1.36. The SMILES string of the molecule is CSN(C)c1ccc(C#N)cc1. The number of rotatable bonds is 2. The molecule has 12 heavy (non-hydrogen) atoms. The Kier molecular flexibility index (Phi) is 3.01. The van der Waals surface area contributed by atoms with E-state index in [1.165, 1.54) is 0 Å². The second-order valence-electron chi connectivity index (χ2n) is 2.34. The fourth-order valence-corrected chi connectivity index (χ4v) is 1.18. The molecule has 0 radical (unpaired) electrons. The van der Waals surface area contributed by atoms with E-state index >= 15 is 0 Å². The maximum atomic E-state index is 8.56. The van der Waals surface area contributed by atoms with Gasteiger partial charge in [0.15, 0.2) is 0 Å². The largest absolute Gasteiger partial charge is 0.320 e. The van der Waals surface area contributed by atoms with Gasteiger partial charge < -0.3 is 4.31 Å². The molecule has 1 aromatic rings. The number of hydrogen-bond donors (Lipinski definition) is 0. The molecule has 0 bridgehead atoms. The molecule has 0 aliphatic heterocycles. The van der Waals surface area contributed by atoms with E-state index in [1.807, 2.05) is 41.9 Å². The van der Waals surface area contributed by atoms with Gasteiger partial charge in [-0.25, -0.2) is 0 Å². The van der Waals surface area contributed by atoms with Crippen molar-refractivity contribution in [2.24, 2.45) is 0 Å². The van der Waals surface area contributed by atoms with Crippen LogP contribution in [0, 0.1) is 11.3 Å². The van der Waals surface area contributed by atoms with Crippen molar-refractivity contribution in [2.75, 3.05) is 17.6 Å². The van der Waals surface area contributed by atoms with E-state index in [-0.39, 0.29) is 0 Å². The minimum atomic E-state index is 0.702. The second-order valence-corrected chi connectivity index (χ2v) is 3.25. The summed E-state index contributed by atoms with van der Waals surface area (Å²) < 4.78 is 2.04. The van der Waals surface area contributed by atoms with Crippen LogP contribution in [0.3, 0.4) is 0 Å². The minimum absolute atomic E-state index is 0.702. The summed E-state index contributed by atoms with van der Waals surface area (Å²) in [5, 5.41) is 8.56. The topological polar surface area (TPSA) is 27.0 Å².